The van der Waals surface area contributed by atoms with E-state index >= 15 is 0 Å². The molecule has 0 aromatic heterocycles. The Balaban J connectivity index is 1.63. The molecule has 2 bridgehead atoms. The third kappa shape index (κ3) is 3.14. The summed E-state index contributed by atoms with van der Waals surface area (Å²) in [5.74, 6) is 0. The summed E-state index contributed by atoms with van der Waals surface area (Å²) in [4.78, 5) is 5.39. The van der Waals surface area contributed by atoms with Gasteiger partial charge in [0.15, 0.2) is 0 Å². The molecule has 0 aliphatic carbocycles. The first kappa shape index (κ1) is 13.8. The summed E-state index contributed by atoms with van der Waals surface area (Å²) in [6, 6.07) is 3.38. The van der Waals surface area contributed by atoms with Crippen molar-refractivity contribution < 1.29 is 0 Å². The first-order chi connectivity index (χ1) is 9.26. The van der Waals surface area contributed by atoms with Crippen molar-refractivity contribution in [3.05, 3.63) is 0 Å². The van der Waals surface area contributed by atoms with Gasteiger partial charge >= 0.3 is 0 Å². The van der Waals surface area contributed by atoms with Crippen molar-refractivity contribution in [1.29, 1.82) is 0 Å². The molecule has 3 heteroatoms. The normalized spacial score (nSPS) is 37.1. The van der Waals surface area contributed by atoms with Gasteiger partial charge in [0.25, 0.3) is 0 Å². The van der Waals surface area contributed by atoms with Gasteiger partial charge in [-0.25, -0.2) is 0 Å². The van der Waals surface area contributed by atoms with Crippen LogP contribution < -0.4 is 5.32 Å². The van der Waals surface area contributed by atoms with Gasteiger partial charge in [-0.05, 0) is 71.6 Å². The average Bonchev–Trinajstić information content (AvgIpc) is 2.76. The second-order valence-corrected chi connectivity index (χ2v) is 7.04. The van der Waals surface area contributed by atoms with Gasteiger partial charge in [0, 0.05) is 24.2 Å². The Labute approximate surface area is 118 Å². The number of rotatable bonds is 4. The monoisotopic (exact) mass is 265 g/mol. The SMILES string of the molecule is CCCN(C1CCN(C)CC1)C1CC2CCC(C1)N2. The molecule has 0 amide bonds. The van der Waals surface area contributed by atoms with Crippen LogP contribution in [-0.4, -0.2) is 60.6 Å². The Morgan fingerprint density at radius 1 is 1.00 bits per heavy atom. The lowest BCUT2D eigenvalue weighted by molar-refractivity contribution is 0.0573. The van der Waals surface area contributed by atoms with Gasteiger partial charge in [-0.2, -0.15) is 0 Å². The molecule has 110 valence electrons. The fraction of sp³-hybridized carbons (Fsp3) is 1.00. The quantitative estimate of drug-likeness (QED) is 0.839. The smallest absolute Gasteiger partial charge is 0.0128 e. The summed E-state index contributed by atoms with van der Waals surface area (Å²) >= 11 is 0. The fourth-order valence-corrected chi connectivity index (χ4v) is 4.55. The van der Waals surface area contributed by atoms with Gasteiger partial charge < -0.3 is 10.2 Å². The number of nitrogens with zero attached hydrogens (tertiary/aromatic N) is 2. The van der Waals surface area contributed by atoms with Crippen LogP contribution in [0.5, 0.6) is 0 Å². The van der Waals surface area contributed by atoms with E-state index in [1.54, 1.807) is 0 Å². The van der Waals surface area contributed by atoms with Crippen molar-refractivity contribution in [2.45, 2.75) is 76.0 Å². The van der Waals surface area contributed by atoms with E-state index in [0.29, 0.717) is 0 Å². The standard InChI is InChI=1S/C16H31N3/c1-3-8-19(15-6-9-18(2)10-7-15)16-11-13-4-5-14(12-16)17-13/h13-17H,3-12H2,1-2H3. The molecule has 2 atom stereocenters. The molecule has 0 saturated carbocycles. The first-order valence-corrected chi connectivity index (χ1v) is 8.46. The molecule has 3 saturated heterocycles. The van der Waals surface area contributed by atoms with Crippen LogP contribution in [0.2, 0.25) is 0 Å². The molecule has 0 aromatic rings. The Hall–Kier alpha value is -0.120. The number of likely N-dealkylation sites (tertiary alicyclic amines) is 1. The van der Waals surface area contributed by atoms with Crippen LogP contribution in [0.15, 0.2) is 0 Å². The van der Waals surface area contributed by atoms with Crippen LogP contribution in [0.1, 0.15) is 51.9 Å². The van der Waals surface area contributed by atoms with E-state index in [-0.39, 0.29) is 0 Å². The summed E-state index contributed by atoms with van der Waals surface area (Å²) in [6.07, 6.45) is 9.74. The van der Waals surface area contributed by atoms with Crippen LogP contribution in [0.25, 0.3) is 0 Å². The molecule has 3 aliphatic rings. The molecule has 19 heavy (non-hydrogen) atoms. The van der Waals surface area contributed by atoms with E-state index in [0.717, 1.165) is 24.2 Å². The summed E-state index contributed by atoms with van der Waals surface area (Å²) in [5.41, 5.74) is 0. The summed E-state index contributed by atoms with van der Waals surface area (Å²) in [6.45, 7) is 6.25. The number of piperidine rings is 2. The topological polar surface area (TPSA) is 18.5 Å². The van der Waals surface area contributed by atoms with E-state index in [2.05, 4.69) is 29.1 Å². The molecule has 3 heterocycles. The molecule has 3 nitrogen and oxygen atoms in total. The molecule has 1 N–H and O–H groups in total. The minimum atomic E-state index is 0.828. The second kappa shape index (κ2) is 6.11. The lowest BCUT2D eigenvalue weighted by Crippen LogP contribution is -2.54. The van der Waals surface area contributed by atoms with E-state index in [4.69, 9.17) is 0 Å². The Morgan fingerprint density at radius 3 is 2.21 bits per heavy atom. The highest BCUT2D eigenvalue weighted by atomic mass is 15.2. The van der Waals surface area contributed by atoms with Crippen molar-refractivity contribution in [2.75, 3.05) is 26.7 Å². The van der Waals surface area contributed by atoms with Crippen molar-refractivity contribution in [1.82, 2.24) is 15.1 Å². The second-order valence-electron chi connectivity index (χ2n) is 7.04. The minimum Gasteiger partial charge on any atom is -0.311 e. The molecule has 2 unspecified atom stereocenters. The van der Waals surface area contributed by atoms with Crippen molar-refractivity contribution in [3.63, 3.8) is 0 Å². The lowest BCUT2D eigenvalue weighted by atomic mass is 9.93. The number of hydrogen-bond acceptors (Lipinski definition) is 3. The van der Waals surface area contributed by atoms with Crippen LogP contribution in [0.4, 0.5) is 0 Å². The highest BCUT2D eigenvalue weighted by molar-refractivity contribution is 4.97. The van der Waals surface area contributed by atoms with Crippen LogP contribution in [0, 0.1) is 0 Å². The third-order valence-electron chi connectivity index (χ3n) is 5.56. The summed E-state index contributed by atoms with van der Waals surface area (Å²) in [5, 5.41) is 3.79. The molecule has 0 aromatic carbocycles. The predicted octanol–water partition coefficient (Wildman–Crippen LogP) is 2.08. The van der Waals surface area contributed by atoms with Gasteiger partial charge in [0.1, 0.15) is 0 Å². The summed E-state index contributed by atoms with van der Waals surface area (Å²) < 4.78 is 0. The van der Waals surface area contributed by atoms with E-state index in [1.807, 2.05) is 0 Å². The van der Waals surface area contributed by atoms with E-state index in [9.17, 15) is 0 Å². The van der Waals surface area contributed by atoms with Crippen LogP contribution in [0.3, 0.4) is 0 Å². The number of fused-ring (bicyclic) bond motifs is 2. The van der Waals surface area contributed by atoms with Gasteiger partial charge in [0.05, 0.1) is 0 Å². The number of nitrogens with one attached hydrogen (secondary N) is 1. The maximum Gasteiger partial charge on any atom is 0.0128 e. The largest absolute Gasteiger partial charge is 0.311 e. The summed E-state index contributed by atoms with van der Waals surface area (Å²) in [7, 11) is 2.27. The van der Waals surface area contributed by atoms with Crippen LogP contribution >= 0.6 is 0 Å². The van der Waals surface area contributed by atoms with Gasteiger partial charge in [-0.3, -0.25) is 4.90 Å². The van der Waals surface area contributed by atoms with E-state index in [1.165, 1.54) is 64.6 Å². The molecule has 3 fully saturated rings. The van der Waals surface area contributed by atoms with Gasteiger partial charge in [-0.15, -0.1) is 0 Å². The third-order valence-corrected chi connectivity index (χ3v) is 5.56. The maximum absolute atomic E-state index is 3.79. The zero-order valence-corrected chi connectivity index (χ0v) is 12.8. The zero-order valence-electron chi connectivity index (χ0n) is 12.8. The van der Waals surface area contributed by atoms with E-state index < -0.39 is 0 Å². The Bertz CT molecular complexity index is 274. The highest BCUT2D eigenvalue weighted by Crippen LogP contribution is 2.32. The zero-order chi connectivity index (χ0) is 13.2. The molecule has 0 spiro atoms. The Morgan fingerprint density at radius 2 is 1.63 bits per heavy atom. The van der Waals surface area contributed by atoms with Crippen molar-refractivity contribution >= 4 is 0 Å². The highest BCUT2D eigenvalue weighted by Gasteiger charge is 2.38. The lowest BCUT2D eigenvalue weighted by Gasteiger charge is -2.44. The van der Waals surface area contributed by atoms with Crippen molar-refractivity contribution in [3.8, 4) is 0 Å². The van der Waals surface area contributed by atoms with Crippen LogP contribution in [-0.2, 0) is 0 Å². The Kier molecular flexibility index (Phi) is 4.45. The maximum atomic E-state index is 3.79. The average molecular weight is 265 g/mol. The molecule has 0 radical (unpaired) electrons. The van der Waals surface area contributed by atoms with Gasteiger partial charge in [-0.1, -0.05) is 6.92 Å². The molecular weight excluding hydrogens is 234 g/mol. The predicted molar refractivity (Wildman–Crippen MR) is 80.5 cm³/mol. The molecule has 3 aliphatic heterocycles. The first-order valence-electron chi connectivity index (χ1n) is 8.46. The molecular formula is C16H31N3. The molecule has 3 rings (SSSR count). The minimum absolute atomic E-state index is 0.828. The number of hydrogen-bond donors (Lipinski definition) is 1. The van der Waals surface area contributed by atoms with Gasteiger partial charge in [0.2, 0.25) is 0 Å². The van der Waals surface area contributed by atoms with Crippen molar-refractivity contribution in [2.24, 2.45) is 0 Å². The fourth-order valence-electron chi connectivity index (χ4n) is 4.55.